The van der Waals surface area contributed by atoms with Crippen LogP contribution in [0, 0.1) is 6.92 Å². The normalized spacial score (nSPS) is 20.6. The first-order valence-electron chi connectivity index (χ1n) is 6.01. The number of H-pyrrole nitrogens is 1. The SMILES string of the molecule is Cc1[nH]nc(CCl)c1S(=O)(=O)N1CCOCC1(C)C. The summed E-state index contributed by atoms with van der Waals surface area (Å²) in [5, 5.41) is 6.64. The molecule has 0 unspecified atom stereocenters. The van der Waals surface area contributed by atoms with E-state index in [1.165, 1.54) is 4.31 Å². The highest BCUT2D eigenvalue weighted by Gasteiger charge is 2.41. The first-order valence-corrected chi connectivity index (χ1v) is 7.98. The standard InChI is InChI=1S/C11H18ClN3O3S/c1-8-10(9(6-12)14-13-8)19(16,17)15-4-5-18-7-11(15,2)3/h4-7H2,1-3H3,(H,13,14). The van der Waals surface area contributed by atoms with Crippen LogP contribution in [-0.2, 0) is 20.6 Å². The lowest BCUT2D eigenvalue weighted by atomic mass is 10.1. The molecule has 0 spiro atoms. The molecule has 1 aromatic rings. The number of hydrogen-bond acceptors (Lipinski definition) is 4. The molecule has 2 heterocycles. The van der Waals surface area contributed by atoms with Gasteiger partial charge in [0.05, 0.1) is 36.0 Å². The molecule has 0 amide bonds. The topological polar surface area (TPSA) is 75.3 Å². The molecule has 1 aromatic heterocycles. The highest BCUT2D eigenvalue weighted by molar-refractivity contribution is 7.89. The van der Waals surface area contributed by atoms with Crippen molar-refractivity contribution < 1.29 is 13.2 Å². The summed E-state index contributed by atoms with van der Waals surface area (Å²) in [5.41, 5.74) is 0.295. The van der Waals surface area contributed by atoms with Crippen LogP contribution < -0.4 is 0 Å². The lowest BCUT2D eigenvalue weighted by molar-refractivity contribution is -0.00773. The van der Waals surface area contributed by atoms with Crippen LogP contribution in [0.3, 0.4) is 0 Å². The maximum Gasteiger partial charge on any atom is 0.247 e. The van der Waals surface area contributed by atoms with Crippen molar-refractivity contribution in [3.8, 4) is 0 Å². The Labute approximate surface area is 118 Å². The van der Waals surface area contributed by atoms with Gasteiger partial charge in [0.25, 0.3) is 0 Å². The van der Waals surface area contributed by atoms with Gasteiger partial charge in [-0.05, 0) is 20.8 Å². The summed E-state index contributed by atoms with van der Waals surface area (Å²) in [5.74, 6) is 0.0592. The van der Waals surface area contributed by atoms with Crippen molar-refractivity contribution in [2.75, 3.05) is 19.8 Å². The molecule has 8 heteroatoms. The van der Waals surface area contributed by atoms with Gasteiger partial charge in [-0.3, -0.25) is 5.10 Å². The van der Waals surface area contributed by atoms with Crippen LogP contribution in [0.2, 0.25) is 0 Å². The summed E-state index contributed by atoms with van der Waals surface area (Å²) >= 11 is 5.77. The molecule has 1 N–H and O–H groups in total. The molecule has 1 aliphatic heterocycles. The van der Waals surface area contributed by atoms with Gasteiger partial charge in [0, 0.05) is 6.54 Å². The van der Waals surface area contributed by atoms with E-state index in [0.29, 0.717) is 31.1 Å². The third-order valence-electron chi connectivity index (χ3n) is 3.21. The summed E-state index contributed by atoms with van der Waals surface area (Å²) < 4.78 is 32.5. The van der Waals surface area contributed by atoms with E-state index in [2.05, 4.69) is 10.2 Å². The van der Waals surface area contributed by atoms with Gasteiger partial charge in [-0.15, -0.1) is 11.6 Å². The van der Waals surface area contributed by atoms with E-state index in [-0.39, 0.29) is 10.8 Å². The smallest absolute Gasteiger partial charge is 0.247 e. The monoisotopic (exact) mass is 307 g/mol. The van der Waals surface area contributed by atoms with Crippen molar-refractivity contribution in [1.82, 2.24) is 14.5 Å². The van der Waals surface area contributed by atoms with Crippen LogP contribution >= 0.6 is 11.6 Å². The Bertz CT molecular complexity index is 568. The molecular weight excluding hydrogens is 290 g/mol. The molecule has 1 fully saturated rings. The third kappa shape index (κ3) is 2.52. The Hall–Kier alpha value is -0.630. The molecule has 6 nitrogen and oxygen atoms in total. The average molecular weight is 308 g/mol. The Morgan fingerprint density at radius 1 is 1.53 bits per heavy atom. The Morgan fingerprint density at radius 2 is 2.21 bits per heavy atom. The van der Waals surface area contributed by atoms with Crippen molar-refractivity contribution in [2.45, 2.75) is 37.1 Å². The van der Waals surface area contributed by atoms with E-state index in [0.717, 1.165) is 0 Å². The van der Waals surface area contributed by atoms with Crippen LogP contribution in [0.15, 0.2) is 4.90 Å². The first kappa shape index (κ1) is 14.8. The number of halogens is 1. The van der Waals surface area contributed by atoms with Crippen molar-refractivity contribution >= 4 is 21.6 Å². The van der Waals surface area contributed by atoms with Gasteiger partial charge < -0.3 is 4.74 Å². The Kier molecular flexibility index (Phi) is 3.92. The highest BCUT2D eigenvalue weighted by Crippen LogP contribution is 2.30. The second kappa shape index (κ2) is 5.05. The van der Waals surface area contributed by atoms with Crippen molar-refractivity contribution in [1.29, 1.82) is 0 Å². The fraction of sp³-hybridized carbons (Fsp3) is 0.727. The number of rotatable bonds is 3. The molecular formula is C11H18ClN3O3S. The van der Waals surface area contributed by atoms with Crippen LogP contribution in [-0.4, -0.2) is 48.2 Å². The van der Waals surface area contributed by atoms with Gasteiger partial charge in [-0.1, -0.05) is 0 Å². The summed E-state index contributed by atoms with van der Waals surface area (Å²) in [4.78, 5) is 0.192. The maximum atomic E-state index is 12.8. The third-order valence-corrected chi connectivity index (χ3v) is 5.77. The maximum absolute atomic E-state index is 12.8. The van der Waals surface area contributed by atoms with Crippen LogP contribution in [0.25, 0.3) is 0 Å². The molecule has 2 rings (SSSR count). The number of sulfonamides is 1. The number of aromatic amines is 1. The zero-order chi connectivity index (χ0) is 14.3. The Balaban J connectivity index is 2.50. The molecule has 1 saturated heterocycles. The predicted octanol–water partition coefficient (Wildman–Crippen LogP) is 1.26. The van der Waals surface area contributed by atoms with Gasteiger partial charge >= 0.3 is 0 Å². The molecule has 0 aliphatic carbocycles. The number of aromatic nitrogens is 2. The first-order chi connectivity index (χ1) is 8.80. The number of hydrogen-bond donors (Lipinski definition) is 1. The zero-order valence-electron chi connectivity index (χ0n) is 11.2. The van der Waals surface area contributed by atoms with Crippen LogP contribution in [0.1, 0.15) is 25.2 Å². The number of nitrogens with one attached hydrogen (secondary N) is 1. The van der Waals surface area contributed by atoms with Gasteiger partial charge in [-0.25, -0.2) is 8.42 Å². The molecule has 0 atom stereocenters. The van der Waals surface area contributed by atoms with Gasteiger partial charge in [0.2, 0.25) is 10.0 Å². The minimum atomic E-state index is -3.62. The highest BCUT2D eigenvalue weighted by atomic mass is 35.5. The van der Waals surface area contributed by atoms with Crippen molar-refractivity contribution in [3.63, 3.8) is 0 Å². The number of alkyl halides is 1. The quantitative estimate of drug-likeness (QED) is 0.853. The molecule has 0 radical (unpaired) electrons. The fourth-order valence-electron chi connectivity index (χ4n) is 2.30. The van der Waals surface area contributed by atoms with Crippen LogP contribution in [0.4, 0.5) is 0 Å². The van der Waals surface area contributed by atoms with E-state index in [1.807, 2.05) is 13.8 Å². The van der Waals surface area contributed by atoms with E-state index in [9.17, 15) is 8.42 Å². The van der Waals surface area contributed by atoms with Crippen molar-refractivity contribution in [3.05, 3.63) is 11.4 Å². The molecule has 0 bridgehead atoms. The van der Waals surface area contributed by atoms with Crippen LogP contribution in [0.5, 0.6) is 0 Å². The molecule has 0 saturated carbocycles. The molecule has 108 valence electrons. The zero-order valence-corrected chi connectivity index (χ0v) is 12.8. The minimum Gasteiger partial charge on any atom is -0.378 e. The average Bonchev–Trinajstić information content (AvgIpc) is 2.70. The number of ether oxygens (including phenoxy) is 1. The predicted molar refractivity (Wildman–Crippen MR) is 71.7 cm³/mol. The second-order valence-corrected chi connectivity index (χ2v) is 7.27. The van der Waals surface area contributed by atoms with Crippen molar-refractivity contribution in [2.24, 2.45) is 0 Å². The number of nitrogens with zero attached hydrogens (tertiary/aromatic N) is 2. The lowest BCUT2D eigenvalue weighted by Gasteiger charge is -2.40. The molecule has 19 heavy (non-hydrogen) atoms. The van der Waals surface area contributed by atoms with E-state index < -0.39 is 15.6 Å². The number of morpholine rings is 1. The largest absolute Gasteiger partial charge is 0.378 e. The van der Waals surface area contributed by atoms with Gasteiger partial charge in [0.15, 0.2) is 0 Å². The van der Waals surface area contributed by atoms with Gasteiger partial charge in [-0.2, -0.15) is 9.40 Å². The van der Waals surface area contributed by atoms with E-state index in [1.54, 1.807) is 6.92 Å². The fourth-order valence-corrected chi connectivity index (χ4v) is 4.66. The molecule has 0 aromatic carbocycles. The van der Waals surface area contributed by atoms with E-state index in [4.69, 9.17) is 16.3 Å². The molecule has 1 aliphatic rings. The summed E-state index contributed by atoms with van der Waals surface area (Å²) in [6.45, 7) is 6.49. The van der Waals surface area contributed by atoms with E-state index >= 15 is 0 Å². The summed E-state index contributed by atoms with van der Waals surface area (Å²) in [6.07, 6.45) is 0. The second-order valence-electron chi connectivity index (χ2n) is 5.20. The Morgan fingerprint density at radius 3 is 2.79 bits per heavy atom. The lowest BCUT2D eigenvalue weighted by Crippen LogP contribution is -2.55. The number of aryl methyl sites for hydroxylation is 1. The van der Waals surface area contributed by atoms with Gasteiger partial charge in [0.1, 0.15) is 4.90 Å². The summed E-state index contributed by atoms with van der Waals surface area (Å²) in [6, 6.07) is 0. The minimum absolute atomic E-state index is 0.0592. The summed E-state index contributed by atoms with van der Waals surface area (Å²) in [7, 11) is -3.62.